The van der Waals surface area contributed by atoms with E-state index in [2.05, 4.69) is 4.37 Å². The fraction of sp³-hybridized carbons (Fsp3) is 0.667. The summed E-state index contributed by atoms with van der Waals surface area (Å²) >= 11 is 1.37. The summed E-state index contributed by atoms with van der Waals surface area (Å²) in [5.41, 5.74) is 0.136. The Labute approximate surface area is 81.5 Å². The number of hydrogen-bond donors (Lipinski definition) is 1. The minimum atomic E-state index is -0.774. The van der Waals surface area contributed by atoms with Gasteiger partial charge < -0.3 is 9.84 Å². The maximum atomic E-state index is 10.3. The third-order valence-electron chi connectivity index (χ3n) is 2.74. The van der Waals surface area contributed by atoms with Gasteiger partial charge in [0.05, 0.1) is 12.2 Å². The molecule has 0 spiro atoms. The van der Waals surface area contributed by atoms with Crippen molar-refractivity contribution in [3.8, 4) is 0 Å². The fourth-order valence-corrected chi connectivity index (χ4v) is 2.32. The molecule has 1 aliphatic rings. The molecule has 1 aromatic heterocycles. The van der Waals surface area contributed by atoms with Crippen molar-refractivity contribution in [2.45, 2.75) is 18.9 Å². The molecule has 0 saturated carbocycles. The zero-order chi connectivity index (χ0) is 9.31. The van der Waals surface area contributed by atoms with Crippen molar-refractivity contribution < 1.29 is 9.84 Å². The van der Waals surface area contributed by atoms with Crippen molar-refractivity contribution in [1.29, 1.82) is 0 Å². The number of ether oxygens (including phenoxy) is 1. The summed E-state index contributed by atoms with van der Waals surface area (Å²) in [5, 5.41) is 12.2. The molecule has 3 nitrogen and oxygen atoms in total. The van der Waals surface area contributed by atoms with Crippen molar-refractivity contribution in [2.24, 2.45) is 5.92 Å². The summed E-state index contributed by atoms with van der Waals surface area (Å²) in [6, 6.07) is 0. The Balaban J connectivity index is 2.19. The van der Waals surface area contributed by atoms with E-state index in [1.165, 1.54) is 11.5 Å². The van der Waals surface area contributed by atoms with E-state index in [1.54, 1.807) is 6.20 Å². The molecule has 0 aromatic carbocycles. The molecule has 1 aromatic rings. The molecule has 1 saturated heterocycles. The topological polar surface area (TPSA) is 42.4 Å². The molecular formula is C9H13NO2S. The van der Waals surface area contributed by atoms with Gasteiger partial charge in [-0.05, 0) is 24.9 Å². The Bertz CT molecular complexity index is 265. The lowest BCUT2D eigenvalue weighted by Crippen LogP contribution is -2.31. The molecule has 13 heavy (non-hydrogen) atoms. The molecule has 4 heteroatoms. The van der Waals surface area contributed by atoms with Crippen LogP contribution in [0.15, 0.2) is 11.6 Å². The normalized spacial score (nSPS) is 27.4. The van der Waals surface area contributed by atoms with Crippen LogP contribution in [-0.2, 0) is 10.3 Å². The molecule has 72 valence electrons. The molecule has 1 fully saturated rings. The molecule has 2 unspecified atom stereocenters. The van der Waals surface area contributed by atoms with Crippen LogP contribution in [0.3, 0.4) is 0 Å². The maximum absolute atomic E-state index is 10.3. The predicted molar refractivity (Wildman–Crippen MR) is 50.6 cm³/mol. The van der Waals surface area contributed by atoms with E-state index in [0.717, 1.165) is 18.6 Å². The Kier molecular flexibility index (Phi) is 2.36. The van der Waals surface area contributed by atoms with Crippen LogP contribution in [0.2, 0.25) is 0 Å². The molecule has 2 atom stereocenters. The van der Waals surface area contributed by atoms with Crippen LogP contribution in [-0.4, -0.2) is 22.7 Å². The summed E-state index contributed by atoms with van der Waals surface area (Å²) in [6.45, 7) is 3.26. The van der Waals surface area contributed by atoms with E-state index in [-0.39, 0.29) is 5.92 Å². The van der Waals surface area contributed by atoms with Crippen LogP contribution in [0.5, 0.6) is 0 Å². The van der Waals surface area contributed by atoms with Gasteiger partial charge in [0.2, 0.25) is 0 Å². The second-order valence-corrected chi connectivity index (χ2v) is 4.28. The van der Waals surface area contributed by atoms with Crippen LogP contribution in [0.25, 0.3) is 0 Å². The van der Waals surface area contributed by atoms with Gasteiger partial charge in [-0.25, -0.2) is 4.37 Å². The van der Waals surface area contributed by atoms with Crippen LogP contribution >= 0.6 is 11.5 Å². The smallest absolute Gasteiger partial charge is 0.0942 e. The van der Waals surface area contributed by atoms with Gasteiger partial charge in [0.1, 0.15) is 0 Å². The lowest BCUT2D eigenvalue weighted by Gasteiger charge is -2.27. The van der Waals surface area contributed by atoms with Crippen molar-refractivity contribution in [1.82, 2.24) is 4.37 Å². The Morgan fingerprint density at radius 3 is 3.15 bits per heavy atom. The molecule has 1 N–H and O–H groups in total. The van der Waals surface area contributed by atoms with E-state index < -0.39 is 5.60 Å². The third-order valence-corrected chi connectivity index (χ3v) is 3.33. The molecule has 0 aliphatic carbocycles. The maximum Gasteiger partial charge on any atom is 0.0942 e. The highest BCUT2D eigenvalue weighted by atomic mass is 32.1. The summed E-state index contributed by atoms with van der Waals surface area (Å²) in [7, 11) is 0. The average molecular weight is 199 g/mol. The van der Waals surface area contributed by atoms with Crippen molar-refractivity contribution in [2.75, 3.05) is 13.2 Å². The molecule has 0 amide bonds. The van der Waals surface area contributed by atoms with Gasteiger partial charge in [0.25, 0.3) is 0 Å². The Hall–Kier alpha value is -0.450. The van der Waals surface area contributed by atoms with Crippen LogP contribution in [0, 0.1) is 5.92 Å². The zero-order valence-corrected chi connectivity index (χ0v) is 8.38. The van der Waals surface area contributed by atoms with Gasteiger partial charge in [0.15, 0.2) is 0 Å². The fourth-order valence-electron chi connectivity index (χ4n) is 1.67. The first kappa shape index (κ1) is 9.12. The van der Waals surface area contributed by atoms with Gasteiger partial charge >= 0.3 is 0 Å². The van der Waals surface area contributed by atoms with Crippen LogP contribution in [0.1, 0.15) is 18.9 Å². The van der Waals surface area contributed by atoms with E-state index in [1.807, 2.05) is 12.3 Å². The van der Waals surface area contributed by atoms with Crippen LogP contribution < -0.4 is 0 Å². The molecule has 1 aliphatic heterocycles. The highest BCUT2D eigenvalue weighted by molar-refractivity contribution is 7.03. The van der Waals surface area contributed by atoms with Crippen molar-refractivity contribution in [3.63, 3.8) is 0 Å². The van der Waals surface area contributed by atoms with E-state index in [4.69, 9.17) is 4.74 Å². The Morgan fingerprint density at radius 1 is 1.77 bits per heavy atom. The molecule has 2 heterocycles. The summed E-state index contributed by atoms with van der Waals surface area (Å²) in [5.74, 6) is 0.212. The van der Waals surface area contributed by atoms with Crippen LogP contribution in [0.4, 0.5) is 0 Å². The first-order valence-corrected chi connectivity index (χ1v) is 5.25. The molecule has 0 bridgehead atoms. The van der Waals surface area contributed by atoms with E-state index in [0.29, 0.717) is 6.61 Å². The first-order valence-electron chi connectivity index (χ1n) is 4.41. The monoisotopic (exact) mass is 199 g/mol. The molecular weight excluding hydrogens is 186 g/mol. The molecule has 0 radical (unpaired) electrons. The average Bonchev–Trinajstić information content (AvgIpc) is 2.78. The first-order chi connectivity index (χ1) is 6.21. The SMILES string of the molecule is CC(O)(c1cnsc1)C1CCOC1. The largest absolute Gasteiger partial charge is 0.385 e. The zero-order valence-electron chi connectivity index (χ0n) is 7.56. The number of rotatable bonds is 2. The van der Waals surface area contributed by atoms with Crippen molar-refractivity contribution in [3.05, 3.63) is 17.1 Å². The van der Waals surface area contributed by atoms with Gasteiger partial charge in [-0.3, -0.25) is 0 Å². The highest BCUT2D eigenvalue weighted by Crippen LogP contribution is 2.34. The standard InChI is InChI=1S/C9H13NO2S/c1-9(11,7-2-3-12-5-7)8-4-10-13-6-8/h4,6-7,11H,2-3,5H2,1H3. The number of aliphatic hydroxyl groups is 1. The minimum Gasteiger partial charge on any atom is -0.385 e. The number of nitrogens with zero attached hydrogens (tertiary/aromatic N) is 1. The highest BCUT2D eigenvalue weighted by Gasteiger charge is 2.36. The molecule has 2 rings (SSSR count). The predicted octanol–water partition coefficient (Wildman–Crippen LogP) is 1.39. The second-order valence-electron chi connectivity index (χ2n) is 3.62. The van der Waals surface area contributed by atoms with Gasteiger partial charge in [-0.2, -0.15) is 0 Å². The Morgan fingerprint density at radius 2 is 2.62 bits per heavy atom. The quantitative estimate of drug-likeness (QED) is 0.782. The van der Waals surface area contributed by atoms with Gasteiger partial charge in [-0.1, -0.05) is 0 Å². The second kappa shape index (κ2) is 3.36. The number of aromatic nitrogens is 1. The van der Waals surface area contributed by atoms with Gasteiger partial charge in [-0.15, -0.1) is 0 Å². The lowest BCUT2D eigenvalue weighted by atomic mass is 9.84. The minimum absolute atomic E-state index is 0.212. The third kappa shape index (κ3) is 1.61. The number of hydrogen-bond acceptors (Lipinski definition) is 4. The van der Waals surface area contributed by atoms with E-state index >= 15 is 0 Å². The van der Waals surface area contributed by atoms with E-state index in [9.17, 15) is 5.11 Å². The van der Waals surface area contributed by atoms with Gasteiger partial charge in [0, 0.05) is 29.7 Å². The lowest BCUT2D eigenvalue weighted by molar-refractivity contribution is -0.00951. The summed E-state index contributed by atoms with van der Waals surface area (Å²) in [6.07, 6.45) is 2.67. The van der Waals surface area contributed by atoms with Crippen molar-refractivity contribution >= 4 is 11.5 Å². The summed E-state index contributed by atoms with van der Waals surface area (Å²) in [4.78, 5) is 0. The summed E-state index contributed by atoms with van der Waals surface area (Å²) < 4.78 is 9.27.